The van der Waals surface area contributed by atoms with E-state index in [-0.39, 0.29) is 5.60 Å². The maximum atomic E-state index is 6.78. The third kappa shape index (κ3) is 4.25. The Morgan fingerprint density at radius 2 is 1.73 bits per heavy atom. The van der Waals surface area contributed by atoms with Crippen molar-refractivity contribution >= 4 is 5.57 Å². The lowest BCUT2D eigenvalue weighted by Crippen LogP contribution is -2.35. The summed E-state index contributed by atoms with van der Waals surface area (Å²) in [6.07, 6.45) is 15.6. The lowest BCUT2D eigenvalue weighted by molar-refractivity contribution is -0.0220. The predicted molar refractivity (Wildman–Crippen MR) is 112 cm³/mol. The van der Waals surface area contributed by atoms with Gasteiger partial charge in [-0.1, -0.05) is 81.9 Å². The Morgan fingerprint density at radius 3 is 2.50 bits per heavy atom. The summed E-state index contributed by atoms with van der Waals surface area (Å²) in [6, 6.07) is 11.2. The molecule has 26 heavy (non-hydrogen) atoms. The fourth-order valence-corrected chi connectivity index (χ4v) is 5.26. The lowest BCUT2D eigenvalue weighted by Gasteiger charge is -2.34. The van der Waals surface area contributed by atoms with Crippen LogP contribution in [-0.4, -0.2) is 12.2 Å². The second-order valence-corrected chi connectivity index (χ2v) is 8.39. The molecule has 1 saturated carbocycles. The van der Waals surface area contributed by atoms with Gasteiger partial charge in [0, 0.05) is 6.61 Å². The van der Waals surface area contributed by atoms with E-state index < -0.39 is 0 Å². The molecule has 0 bridgehead atoms. The molecule has 1 fully saturated rings. The minimum absolute atomic E-state index is 0.0230. The topological polar surface area (TPSA) is 9.23 Å². The average molecular weight is 355 g/mol. The van der Waals surface area contributed by atoms with Crippen molar-refractivity contribution in [3.05, 3.63) is 41.5 Å². The SMILES string of the molecule is CCCCCCC1=C(c2ccccc2)[C@]2(OCCCCC)CCC[C@@H]2C1. The van der Waals surface area contributed by atoms with E-state index in [4.69, 9.17) is 4.74 Å². The van der Waals surface area contributed by atoms with Crippen molar-refractivity contribution in [2.24, 2.45) is 5.92 Å². The number of allylic oxidation sites excluding steroid dienone is 1. The lowest BCUT2D eigenvalue weighted by atomic mass is 9.84. The second-order valence-electron chi connectivity index (χ2n) is 8.39. The molecule has 0 radical (unpaired) electrons. The normalized spacial score (nSPS) is 25.1. The summed E-state index contributed by atoms with van der Waals surface area (Å²) in [5, 5.41) is 0. The molecule has 1 aromatic rings. The fourth-order valence-electron chi connectivity index (χ4n) is 5.26. The number of hydrogen-bond acceptors (Lipinski definition) is 1. The third-order valence-electron chi connectivity index (χ3n) is 6.53. The first-order valence-corrected chi connectivity index (χ1v) is 11.2. The predicted octanol–water partition coefficient (Wildman–Crippen LogP) is 7.56. The number of hydrogen-bond donors (Lipinski definition) is 0. The summed E-state index contributed by atoms with van der Waals surface area (Å²) < 4.78 is 6.78. The Bertz CT molecular complexity index is 573. The molecule has 0 aliphatic heterocycles. The number of unbranched alkanes of at least 4 members (excludes halogenated alkanes) is 5. The molecule has 0 saturated heterocycles. The van der Waals surface area contributed by atoms with Crippen LogP contribution in [0.4, 0.5) is 0 Å². The van der Waals surface area contributed by atoms with Crippen molar-refractivity contribution in [1.29, 1.82) is 0 Å². The smallest absolute Gasteiger partial charge is 0.0967 e. The van der Waals surface area contributed by atoms with Crippen LogP contribution in [-0.2, 0) is 4.74 Å². The van der Waals surface area contributed by atoms with E-state index in [2.05, 4.69) is 44.2 Å². The highest BCUT2D eigenvalue weighted by atomic mass is 16.5. The molecular formula is C25H38O. The molecule has 2 aliphatic rings. The zero-order valence-corrected chi connectivity index (χ0v) is 17.1. The van der Waals surface area contributed by atoms with Gasteiger partial charge in [-0.2, -0.15) is 0 Å². The molecule has 1 heteroatoms. The van der Waals surface area contributed by atoms with Crippen LogP contribution < -0.4 is 0 Å². The summed E-state index contributed by atoms with van der Waals surface area (Å²) in [5.74, 6) is 0.723. The molecule has 2 aliphatic carbocycles. The molecule has 0 heterocycles. The molecule has 3 rings (SSSR count). The zero-order valence-electron chi connectivity index (χ0n) is 17.1. The van der Waals surface area contributed by atoms with Gasteiger partial charge in [-0.3, -0.25) is 0 Å². The van der Waals surface area contributed by atoms with Crippen LogP contribution in [0.5, 0.6) is 0 Å². The zero-order chi connectivity index (χ0) is 18.2. The quantitative estimate of drug-likeness (QED) is 0.372. The Morgan fingerprint density at radius 1 is 0.962 bits per heavy atom. The van der Waals surface area contributed by atoms with Crippen molar-refractivity contribution in [2.75, 3.05) is 6.61 Å². The highest BCUT2D eigenvalue weighted by molar-refractivity contribution is 5.78. The van der Waals surface area contributed by atoms with Crippen LogP contribution >= 0.6 is 0 Å². The molecule has 0 N–H and O–H groups in total. The standard InChI is InChI=1S/C25H38O/c1-3-5-7-9-16-22-20-23-17-13-18-25(23,26-19-12-6-4-2)24(22)21-14-10-8-11-15-21/h8,10-11,14-15,23H,3-7,9,12-13,16-20H2,1-2H3/t23-,25+/m1/s1. The summed E-state index contributed by atoms with van der Waals surface area (Å²) in [6.45, 7) is 5.51. The van der Waals surface area contributed by atoms with Gasteiger partial charge in [-0.25, -0.2) is 0 Å². The van der Waals surface area contributed by atoms with Crippen molar-refractivity contribution in [3.63, 3.8) is 0 Å². The highest BCUT2D eigenvalue weighted by Crippen LogP contribution is 2.57. The van der Waals surface area contributed by atoms with Gasteiger partial charge >= 0.3 is 0 Å². The molecule has 0 spiro atoms. The summed E-state index contributed by atoms with van der Waals surface area (Å²) >= 11 is 0. The molecule has 1 nitrogen and oxygen atoms in total. The van der Waals surface area contributed by atoms with Gasteiger partial charge in [-0.05, 0) is 62.0 Å². The van der Waals surface area contributed by atoms with E-state index in [0.29, 0.717) is 0 Å². The van der Waals surface area contributed by atoms with E-state index in [0.717, 1.165) is 12.5 Å². The minimum Gasteiger partial charge on any atom is -0.370 e. The molecule has 2 atom stereocenters. The number of rotatable bonds is 11. The van der Waals surface area contributed by atoms with Crippen LogP contribution in [0.25, 0.3) is 5.57 Å². The van der Waals surface area contributed by atoms with Crippen molar-refractivity contribution in [3.8, 4) is 0 Å². The van der Waals surface area contributed by atoms with Gasteiger partial charge in [0.05, 0.1) is 5.60 Å². The monoisotopic (exact) mass is 354 g/mol. The highest BCUT2D eigenvalue weighted by Gasteiger charge is 2.52. The molecule has 0 amide bonds. The van der Waals surface area contributed by atoms with Crippen molar-refractivity contribution in [1.82, 2.24) is 0 Å². The van der Waals surface area contributed by atoms with E-state index in [1.807, 2.05) is 0 Å². The molecule has 0 aromatic heterocycles. The first kappa shape index (κ1) is 19.7. The summed E-state index contributed by atoms with van der Waals surface area (Å²) in [5.41, 5.74) is 4.76. The first-order valence-electron chi connectivity index (χ1n) is 11.2. The van der Waals surface area contributed by atoms with E-state index in [9.17, 15) is 0 Å². The van der Waals surface area contributed by atoms with Crippen molar-refractivity contribution in [2.45, 2.75) is 96.5 Å². The van der Waals surface area contributed by atoms with E-state index in [1.165, 1.54) is 82.6 Å². The van der Waals surface area contributed by atoms with Gasteiger partial charge in [0.1, 0.15) is 0 Å². The molecule has 1 aromatic carbocycles. The number of benzene rings is 1. The van der Waals surface area contributed by atoms with E-state index >= 15 is 0 Å². The third-order valence-corrected chi connectivity index (χ3v) is 6.53. The van der Waals surface area contributed by atoms with Gasteiger partial charge in [0.2, 0.25) is 0 Å². The summed E-state index contributed by atoms with van der Waals surface area (Å²) in [7, 11) is 0. The van der Waals surface area contributed by atoms with Crippen molar-refractivity contribution < 1.29 is 4.74 Å². The van der Waals surface area contributed by atoms with Gasteiger partial charge in [-0.15, -0.1) is 0 Å². The van der Waals surface area contributed by atoms with Crippen LogP contribution in [0.2, 0.25) is 0 Å². The Kier molecular flexibility index (Phi) is 7.37. The minimum atomic E-state index is 0.0230. The maximum Gasteiger partial charge on any atom is 0.0967 e. The second kappa shape index (κ2) is 9.74. The number of fused-ring (bicyclic) bond motifs is 1. The van der Waals surface area contributed by atoms with Gasteiger partial charge < -0.3 is 4.74 Å². The largest absolute Gasteiger partial charge is 0.370 e. The van der Waals surface area contributed by atoms with Gasteiger partial charge in [0.25, 0.3) is 0 Å². The Labute approximate surface area is 161 Å². The molecule has 0 unspecified atom stereocenters. The maximum absolute atomic E-state index is 6.78. The fraction of sp³-hybridized carbons (Fsp3) is 0.680. The molecule has 144 valence electrons. The van der Waals surface area contributed by atoms with E-state index in [1.54, 1.807) is 11.1 Å². The first-order chi connectivity index (χ1) is 12.8. The average Bonchev–Trinajstić information content (AvgIpc) is 3.19. The Balaban J connectivity index is 1.84. The van der Waals surface area contributed by atoms with Gasteiger partial charge in [0.15, 0.2) is 0 Å². The number of ether oxygens (including phenoxy) is 1. The Hall–Kier alpha value is -1.08. The molecular weight excluding hydrogens is 316 g/mol. The summed E-state index contributed by atoms with van der Waals surface area (Å²) in [4.78, 5) is 0. The van der Waals surface area contributed by atoms with Crippen LogP contribution in [0.15, 0.2) is 35.9 Å². The van der Waals surface area contributed by atoms with Crippen LogP contribution in [0, 0.1) is 5.92 Å². The van der Waals surface area contributed by atoms with Crippen LogP contribution in [0.3, 0.4) is 0 Å². The van der Waals surface area contributed by atoms with Crippen LogP contribution in [0.1, 0.15) is 96.5 Å².